The Morgan fingerprint density at radius 2 is 1.76 bits per heavy atom. The van der Waals surface area contributed by atoms with Crippen molar-refractivity contribution in [2.24, 2.45) is 0 Å². The van der Waals surface area contributed by atoms with Crippen molar-refractivity contribution in [3.05, 3.63) is 29.3 Å². The highest BCUT2D eigenvalue weighted by Crippen LogP contribution is 2.22. The minimum atomic E-state index is -0.862. The number of hydrogen-bond acceptors (Lipinski definition) is 3. The second-order valence-corrected chi connectivity index (χ2v) is 3.48. The quantitative estimate of drug-likeness (QED) is 0.546. The van der Waals surface area contributed by atoms with Gasteiger partial charge in [-0.25, -0.2) is 8.78 Å². The number of unbranched alkanes of at least 4 members (excludes halogenated alkanes) is 1. The average Bonchev–Trinajstić information content (AvgIpc) is 2.31. The Hall–Kier alpha value is -1.49. The summed E-state index contributed by atoms with van der Waals surface area (Å²) >= 11 is 0. The molecular formula is C12H14F2O3. The molecule has 0 aliphatic rings. The van der Waals surface area contributed by atoms with Gasteiger partial charge >= 0.3 is 0 Å². The molecule has 3 nitrogen and oxygen atoms in total. The van der Waals surface area contributed by atoms with Crippen LogP contribution in [0.2, 0.25) is 0 Å². The summed E-state index contributed by atoms with van der Waals surface area (Å²) < 4.78 is 36.5. The number of carbonyl (C=O) groups is 1. The summed E-state index contributed by atoms with van der Waals surface area (Å²) in [6.07, 6.45) is 1.78. The third kappa shape index (κ3) is 4.11. The summed E-state index contributed by atoms with van der Waals surface area (Å²) in [5.41, 5.74) is -0.0493. The molecule has 0 saturated heterocycles. The number of aldehydes is 1. The highest BCUT2D eigenvalue weighted by molar-refractivity contribution is 5.75. The molecule has 1 rings (SSSR count). The van der Waals surface area contributed by atoms with Gasteiger partial charge in [0, 0.05) is 19.3 Å². The molecule has 0 amide bonds. The van der Waals surface area contributed by atoms with Gasteiger partial charge in [-0.05, 0) is 25.0 Å². The van der Waals surface area contributed by atoms with Crippen LogP contribution in [-0.4, -0.2) is 26.6 Å². The number of methoxy groups -OCH3 is 1. The van der Waals surface area contributed by atoms with E-state index in [4.69, 9.17) is 9.47 Å². The molecule has 0 saturated carbocycles. The molecule has 0 aliphatic carbocycles. The number of rotatable bonds is 7. The van der Waals surface area contributed by atoms with Gasteiger partial charge in [0.2, 0.25) is 0 Å². The summed E-state index contributed by atoms with van der Waals surface area (Å²) in [4.78, 5) is 10.4. The maximum absolute atomic E-state index is 13.3. The van der Waals surface area contributed by atoms with Crippen molar-refractivity contribution in [3.63, 3.8) is 0 Å². The minimum absolute atomic E-state index is 0.0493. The highest BCUT2D eigenvalue weighted by Gasteiger charge is 2.12. The number of ether oxygens (including phenoxy) is 2. The van der Waals surface area contributed by atoms with Crippen LogP contribution in [-0.2, 0) is 4.74 Å². The van der Waals surface area contributed by atoms with Gasteiger partial charge in [-0.15, -0.1) is 0 Å². The number of halogens is 2. The molecule has 0 bridgehead atoms. The summed E-state index contributed by atoms with van der Waals surface area (Å²) in [6, 6.07) is 1.89. The summed E-state index contributed by atoms with van der Waals surface area (Å²) in [7, 11) is 1.58. The summed E-state index contributed by atoms with van der Waals surface area (Å²) in [6.45, 7) is 0.788. The fraction of sp³-hybridized carbons (Fsp3) is 0.417. The zero-order valence-corrected chi connectivity index (χ0v) is 9.54. The maximum Gasteiger partial charge on any atom is 0.190 e. The molecule has 0 atom stereocenters. The van der Waals surface area contributed by atoms with E-state index < -0.39 is 17.4 Å². The average molecular weight is 244 g/mol. The van der Waals surface area contributed by atoms with Gasteiger partial charge in [-0.2, -0.15) is 0 Å². The Labute approximate surface area is 98.3 Å². The molecule has 0 aromatic heterocycles. The van der Waals surface area contributed by atoms with Crippen LogP contribution in [0.15, 0.2) is 12.1 Å². The lowest BCUT2D eigenvalue weighted by molar-refractivity contribution is 0.112. The SMILES string of the molecule is COCCCCOc1c(F)cc(C=O)cc1F. The molecular weight excluding hydrogens is 230 g/mol. The lowest BCUT2D eigenvalue weighted by Gasteiger charge is -2.08. The second kappa shape index (κ2) is 6.96. The Bertz CT molecular complexity index is 357. The van der Waals surface area contributed by atoms with Crippen molar-refractivity contribution in [1.82, 2.24) is 0 Å². The predicted molar refractivity (Wildman–Crippen MR) is 58.4 cm³/mol. The fourth-order valence-corrected chi connectivity index (χ4v) is 1.31. The van der Waals surface area contributed by atoms with E-state index in [9.17, 15) is 13.6 Å². The van der Waals surface area contributed by atoms with Gasteiger partial charge in [0.05, 0.1) is 6.61 Å². The third-order valence-electron chi connectivity index (χ3n) is 2.15. The van der Waals surface area contributed by atoms with E-state index in [1.165, 1.54) is 0 Å². The van der Waals surface area contributed by atoms with E-state index in [-0.39, 0.29) is 12.2 Å². The van der Waals surface area contributed by atoms with Crippen molar-refractivity contribution < 1.29 is 23.0 Å². The molecule has 0 unspecified atom stereocenters. The monoisotopic (exact) mass is 244 g/mol. The van der Waals surface area contributed by atoms with Crippen molar-refractivity contribution in [1.29, 1.82) is 0 Å². The molecule has 0 fully saturated rings. The van der Waals surface area contributed by atoms with E-state index in [1.807, 2.05) is 0 Å². The molecule has 5 heteroatoms. The van der Waals surface area contributed by atoms with E-state index in [2.05, 4.69) is 0 Å². The standard InChI is InChI=1S/C12H14F2O3/c1-16-4-2-3-5-17-12-10(13)6-9(8-15)7-11(12)14/h6-8H,2-5H2,1H3. The lowest BCUT2D eigenvalue weighted by Crippen LogP contribution is -2.03. The molecule has 0 radical (unpaired) electrons. The van der Waals surface area contributed by atoms with Crippen molar-refractivity contribution >= 4 is 6.29 Å². The Morgan fingerprint density at radius 3 is 2.29 bits per heavy atom. The number of benzene rings is 1. The Morgan fingerprint density at radius 1 is 1.18 bits per heavy atom. The zero-order valence-electron chi connectivity index (χ0n) is 9.54. The van der Waals surface area contributed by atoms with Crippen molar-refractivity contribution in [2.45, 2.75) is 12.8 Å². The molecule has 1 aromatic carbocycles. The second-order valence-electron chi connectivity index (χ2n) is 3.48. The Kier molecular flexibility index (Phi) is 5.56. The first-order chi connectivity index (χ1) is 8.19. The highest BCUT2D eigenvalue weighted by atomic mass is 19.1. The Balaban J connectivity index is 2.56. The number of carbonyl (C=O) groups excluding carboxylic acids is 1. The van der Waals surface area contributed by atoms with Gasteiger partial charge in [0.1, 0.15) is 6.29 Å². The van der Waals surface area contributed by atoms with Crippen LogP contribution < -0.4 is 4.74 Å². The smallest absolute Gasteiger partial charge is 0.190 e. The van der Waals surface area contributed by atoms with E-state index in [0.29, 0.717) is 19.3 Å². The zero-order chi connectivity index (χ0) is 12.7. The van der Waals surface area contributed by atoms with E-state index in [0.717, 1.165) is 18.6 Å². The molecule has 0 heterocycles. The predicted octanol–water partition coefficient (Wildman–Crippen LogP) is 2.58. The van der Waals surface area contributed by atoms with Crippen LogP contribution in [0, 0.1) is 11.6 Å². The van der Waals surface area contributed by atoms with Gasteiger partial charge < -0.3 is 9.47 Å². The van der Waals surface area contributed by atoms with Crippen molar-refractivity contribution in [2.75, 3.05) is 20.3 Å². The van der Waals surface area contributed by atoms with Crippen LogP contribution in [0.3, 0.4) is 0 Å². The van der Waals surface area contributed by atoms with Crippen LogP contribution in [0.5, 0.6) is 5.75 Å². The van der Waals surface area contributed by atoms with Crippen LogP contribution >= 0.6 is 0 Å². The lowest BCUT2D eigenvalue weighted by atomic mass is 10.2. The normalized spacial score (nSPS) is 10.3. The molecule has 94 valence electrons. The van der Waals surface area contributed by atoms with Gasteiger partial charge in [-0.3, -0.25) is 4.79 Å². The van der Waals surface area contributed by atoms with E-state index >= 15 is 0 Å². The molecule has 17 heavy (non-hydrogen) atoms. The van der Waals surface area contributed by atoms with Gasteiger partial charge in [-0.1, -0.05) is 0 Å². The first-order valence-electron chi connectivity index (χ1n) is 5.25. The first kappa shape index (κ1) is 13.6. The summed E-state index contributed by atoms with van der Waals surface area (Å²) in [5, 5.41) is 0. The fourth-order valence-electron chi connectivity index (χ4n) is 1.31. The number of hydrogen-bond donors (Lipinski definition) is 0. The van der Waals surface area contributed by atoms with Crippen LogP contribution in [0.25, 0.3) is 0 Å². The van der Waals surface area contributed by atoms with Crippen molar-refractivity contribution in [3.8, 4) is 5.75 Å². The van der Waals surface area contributed by atoms with Crippen LogP contribution in [0.4, 0.5) is 8.78 Å². The largest absolute Gasteiger partial charge is 0.488 e. The first-order valence-corrected chi connectivity index (χ1v) is 5.25. The third-order valence-corrected chi connectivity index (χ3v) is 2.15. The minimum Gasteiger partial charge on any atom is -0.488 e. The molecule has 0 N–H and O–H groups in total. The van der Waals surface area contributed by atoms with Gasteiger partial charge in [0.25, 0.3) is 0 Å². The summed E-state index contributed by atoms with van der Waals surface area (Å²) in [5.74, 6) is -2.16. The maximum atomic E-state index is 13.3. The molecule has 0 aliphatic heterocycles. The van der Waals surface area contributed by atoms with Crippen LogP contribution in [0.1, 0.15) is 23.2 Å². The molecule has 1 aromatic rings. The van der Waals surface area contributed by atoms with E-state index in [1.54, 1.807) is 7.11 Å². The topological polar surface area (TPSA) is 35.5 Å². The van der Waals surface area contributed by atoms with Gasteiger partial charge in [0.15, 0.2) is 17.4 Å². The molecule has 0 spiro atoms.